The summed E-state index contributed by atoms with van der Waals surface area (Å²) in [6, 6.07) is 12.7. The van der Waals surface area contributed by atoms with Gasteiger partial charge in [-0.05, 0) is 41.5 Å². The van der Waals surface area contributed by atoms with Crippen molar-refractivity contribution in [1.29, 1.82) is 0 Å². The standard InChI is InChI=1S/C15H14BrCl2NO/c16-14-6-5-11(18)7-12(14)15(20)13(8-19)9-1-3-10(17)4-2-9/h1-7,13,15,20H,8,19H2. The van der Waals surface area contributed by atoms with E-state index in [-0.39, 0.29) is 5.92 Å². The maximum absolute atomic E-state index is 10.6. The van der Waals surface area contributed by atoms with Crippen molar-refractivity contribution in [2.24, 2.45) is 5.73 Å². The van der Waals surface area contributed by atoms with Crippen LogP contribution in [-0.4, -0.2) is 11.7 Å². The number of hydrogen-bond acceptors (Lipinski definition) is 2. The second kappa shape index (κ2) is 6.92. The molecule has 0 saturated carbocycles. The predicted octanol–water partition coefficient (Wildman–Crippen LogP) is 4.53. The Labute approximate surface area is 136 Å². The lowest BCUT2D eigenvalue weighted by Crippen LogP contribution is -2.20. The van der Waals surface area contributed by atoms with Gasteiger partial charge in [-0.25, -0.2) is 0 Å². The third-order valence-corrected chi connectivity index (χ3v) is 4.42. The Morgan fingerprint density at radius 1 is 1.05 bits per heavy atom. The highest BCUT2D eigenvalue weighted by atomic mass is 79.9. The van der Waals surface area contributed by atoms with Crippen molar-refractivity contribution in [3.05, 3.63) is 68.1 Å². The molecule has 2 atom stereocenters. The van der Waals surface area contributed by atoms with Gasteiger partial charge in [-0.2, -0.15) is 0 Å². The molecule has 0 aliphatic rings. The van der Waals surface area contributed by atoms with Gasteiger partial charge in [-0.1, -0.05) is 51.3 Å². The number of aliphatic hydroxyl groups is 1. The molecule has 2 rings (SSSR count). The summed E-state index contributed by atoms with van der Waals surface area (Å²) in [6.07, 6.45) is -0.741. The highest BCUT2D eigenvalue weighted by molar-refractivity contribution is 9.10. The second-order valence-electron chi connectivity index (χ2n) is 4.50. The molecule has 0 heterocycles. The Morgan fingerprint density at radius 3 is 2.25 bits per heavy atom. The monoisotopic (exact) mass is 373 g/mol. The number of nitrogens with two attached hydrogens (primary N) is 1. The maximum Gasteiger partial charge on any atom is 0.0882 e. The van der Waals surface area contributed by atoms with E-state index in [0.29, 0.717) is 16.6 Å². The Kier molecular flexibility index (Phi) is 5.47. The van der Waals surface area contributed by atoms with Gasteiger partial charge in [0.2, 0.25) is 0 Å². The lowest BCUT2D eigenvalue weighted by atomic mass is 9.89. The van der Waals surface area contributed by atoms with Crippen LogP contribution in [0.1, 0.15) is 23.1 Å². The number of hydrogen-bond donors (Lipinski definition) is 2. The smallest absolute Gasteiger partial charge is 0.0882 e. The highest BCUT2D eigenvalue weighted by Crippen LogP contribution is 2.35. The quantitative estimate of drug-likeness (QED) is 0.825. The van der Waals surface area contributed by atoms with E-state index in [2.05, 4.69) is 15.9 Å². The third kappa shape index (κ3) is 3.54. The average Bonchev–Trinajstić information content (AvgIpc) is 2.44. The minimum absolute atomic E-state index is 0.220. The van der Waals surface area contributed by atoms with E-state index in [9.17, 15) is 5.11 Å². The van der Waals surface area contributed by atoms with E-state index < -0.39 is 6.10 Å². The molecule has 5 heteroatoms. The summed E-state index contributed by atoms with van der Waals surface area (Å²) in [7, 11) is 0. The van der Waals surface area contributed by atoms with E-state index in [1.165, 1.54) is 0 Å². The first-order valence-corrected chi connectivity index (χ1v) is 7.66. The molecule has 0 amide bonds. The molecular weight excluding hydrogens is 361 g/mol. The molecule has 2 unspecified atom stereocenters. The van der Waals surface area contributed by atoms with Gasteiger partial charge in [0, 0.05) is 27.0 Å². The van der Waals surface area contributed by atoms with Crippen LogP contribution in [0, 0.1) is 0 Å². The molecule has 2 nitrogen and oxygen atoms in total. The summed E-state index contributed by atoms with van der Waals surface area (Å²) < 4.78 is 0.807. The van der Waals surface area contributed by atoms with E-state index >= 15 is 0 Å². The van der Waals surface area contributed by atoms with Gasteiger partial charge in [0.25, 0.3) is 0 Å². The zero-order chi connectivity index (χ0) is 14.7. The molecule has 2 aromatic carbocycles. The molecule has 0 aliphatic heterocycles. The first kappa shape index (κ1) is 15.8. The fraction of sp³-hybridized carbons (Fsp3) is 0.200. The van der Waals surface area contributed by atoms with Gasteiger partial charge in [0.1, 0.15) is 0 Å². The van der Waals surface area contributed by atoms with Gasteiger partial charge in [-0.15, -0.1) is 0 Å². The van der Waals surface area contributed by atoms with E-state index in [1.807, 2.05) is 18.2 Å². The van der Waals surface area contributed by atoms with E-state index in [1.54, 1.807) is 24.3 Å². The molecule has 3 N–H and O–H groups in total. The predicted molar refractivity (Wildman–Crippen MR) is 87.4 cm³/mol. The van der Waals surface area contributed by atoms with E-state index in [0.717, 1.165) is 15.6 Å². The van der Waals surface area contributed by atoms with Crippen molar-refractivity contribution in [1.82, 2.24) is 0 Å². The Hall–Kier alpha value is -0.580. The first-order chi connectivity index (χ1) is 9.52. The SMILES string of the molecule is NCC(c1ccc(Cl)cc1)C(O)c1cc(Cl)ccc1Br. The van der Waals surface area contributed by atoms with Gasteiger partial charge in [0.15, 0.2) is 0 Å². The van der Waals surface area contributed by atoms with Crippen LogP contribution >= 0.6 is 39.1 Å². The fourth-order valence-electron chi connectivity index (χ4n) is 2.12. The molecule has 0 aliphatic carbocycles. The zero-order valence-electron chi connectivity index (χ0n) is 10.6. The zero-order valence-corrected chi connectivity index (χ0v) is 13.7. The van der Waals surface area contributed by atoms with Crippen LogP contribution in [0.15, 0.2) is 46.9 Å². The maximum atomic E-state index is 10.6. The van der Waals surface area contributed by atoms with Crippen molar-refractivity contribution in [3.8, 4) is 0 Å². The summed E-state index contributed by atoms with van der Waals surface area (Å²) >= 11 is 15.3. The summed E-state index contributed by atoms with van der Waals surface area (Å²) in [5.41, 5.74) is 7.49. The first-order valence-electron chi connectivity index (χ1n) is 6.11. The molecule has 0 spiro atoms. The van der Waals surface area contributed by atoms with Crippen LogP contribution in [0.3, 0.4) is 0 Å². The topological polar surface area (TPSA) is 46.2 Å². The van der Waals surface area contributed by atoms with Crippen molar-refractivity contribution < 1.29 is 5.11 Å². The minimum Gasteiger partial charge on any atom is -0.388 e. The molecule has 2 aromatic rings. The molecule has 106 valence electrons. The van der Waals surface area contributed by atoms with E-state index in [4.69, 9.17) is 28.9 Å². The average molecular weight is 375 g/mol. The summed E-state index contributed by atoms with van der Waals surface area (Å²) in [6.45, 7) is 0.321. The molecule has 0 fully saturated rings. The third-order valence-electron chi connectivity index (χ3n) is 3.21. The lowest BCUT2D eigenvalue weighted by Gasteiger charge is -2.23. The highest BCUT2D eigenvalue weighted by Gasteiger charge is 2.23. The van der Waals surface area contributed by atoms with Crippen LogP contribution in [0.2, 0.25) is 10.0 Å². The van der Waals surface area contributed by atoms with Gasteiger partial charge < -0.3 is 10.8 Å². The van der Waals surface area contributed by atoms with Crippen molar-refractivity contribution in [3.63, 3.8) is 0 Å². The number of rotatable bonds is 4. The summed E-state index contributed by atoms with van der Waals surface area (Å²) in [4.78, 5) is 0. The molecule has 20 heavy (non-hydrogen) atoms. The van der Waals surface area contributed by atoms with Crippen LogP contribution in [-0.2, 0) is 0 Å². The Bertz CT molecular complexity index is 589. The molecule has 0 aromatic heterocycles. The summed E-state index contributed by atoms with van der Waals surface area (Å²) in [5, 5.41) is 11.8. The Morgan fingerprint density at radius 2 is 1.65 bits per heavy atom. The minimum atomic E-state index is -0.741. The van der Waals surface area contributed by atoms with Crippen LogP contribution in [0.25, 0.3) is 0 Å². The molecule has 0 saturated heterocycles. The second-order valence-corrected chi connectivity index (χ2v) is 6.23. The fourth-order valence-corrected chi connectivity index (χ4v) is 2.90. The number of aliphatic hydroxyl groups excluding tert-OH is 1. The van der Waals surface area contributed by atoms with Gasteiger partial charge in [0.05, 0.1) is 6.10 Å². The largest absolute Gasteiger partial charge is 0.388 e. The van der Waals surface area contributed by atoms with Gasteiger partial charge >= 0.3 is 0 Å². The van der Waals surface area contributed by atoms with Crippen molar-refractivity contribution in [2.45, 2.75) is 12.0 Å². The number of halogens is 3. The van der Waals surface area contributed by atoms with Crippen LogP contribution < -0.4 is 5.73 Å². The van der Waals surface area contributed by atoms with Crippen LogP contribution in [0.5, 0.6) is 0 Å². The van der Waals surface area contributed by atoms with Crippen LogP contribution in [0.4, 0.5) is 0 Å². The van der Waals surface area contributed by atoms with Crippen molar-refractivity contribution >= 4 is 39.1 Å². The number of benzene rings is 2. The van der Waals surface area contributed by atoms with Gasteiger partial charge in [-0.3, -0.25) is 0 Å². The molecule has 0 bridgehead atoms. The summed E-state index contributed by atoms with van der Waals surface area (Å²) in [5.74, 6) is -0.220. The lowest BCUT2D eigenvalue weighted by molar-refractivity contribution is 0.146. The molecular formula is C15H14BrCl2NO. The Balaban J connectivity index is 2.35. The normalized spacial score (nSPS) is 14.1. The molecule has 0 radical (unpaired) electrons. The van der Waals surface area contributed by atoms with Crippen molar-refractivity contribution in [2.75, 3.05) is 6.54 Å².